The SMILES string of the molecule is O=C(Nc1ccc(Cl)cc1Cl)c1cc2n(n1)[C@H](C(F)(F)F)C[C@H](c1ccccc1)N2. The van der Waals surface area contributed by atoms with Gasteiger partial charge >= 0.3 is 6.18 Å². The van der Waals surface area contributed by atoms with Crippen molar-refractivity contribution in [3.05, 3.63) is 75.9 Å². The normalized spacial score (nSPS) is 18.4. The molecule has 30 heavy (non-hydrogen) atoms. The van der Waals surface area contributed by atoms with E-state index in [4.69, 9.17) is 23.2 Å². The maximum absolute atomic E-state index is 13.7. The first kappa shape index (κ1) is 20.6. The highest BCUT2D eigenvalue weighted by atomic mass is 35.5. The number of hydrogen-bond donors (Lipinski definition) is 2. The van der Waals surface area contributed by atoms with Gasteiger partial charge in [0.15, 0.2) is 11.7 Å². The van der Waals surface area contributed by atoms with Gasteiger partial charge in [0.2, 0.25) is 0 Å². The van der Waals surface area contributed by atoms with Crippen LogP contribution >= 0.6 is 23.2 Å². The molecule has 0 bridgehead atoms. The largest absolute Gasteiger partial charge is 0.410 e. The third-order valence-electron chi connectivity index (χ3n) is 4.80. The van der Waals surface area contributed by atoms with Crippen LogP contribution in [0.5, 0.6) is 0 Å². The van der Waals surface area contributed by atoms with Crippen LogP contribution < -0.4 is 10.6 Å². The number of fused-ring (bicyclic) bond motifs is 1. The monoisotopic (exact) mass is 454 g/mol. The number of carbonyl (C=O) groups excluding carboxylic acids is 1. The second kappa shape index (κ2) is 7.85. The zero-order valence-electron chi connectivity index (χ0n) is 15.3. The van der Waals surface area contributed by atoms with Crippen molar-refractivity contribution in [2.45, 2.75) is 24.7 Å². The Morgan fingerprint density at radius 1 is 1.13 bits per heavy atom. The quantitative estimate of drug-likeness (QED) is 0.502. The minimum Gasteiger partial charge on any atom is -0.363 e. The topological polar surface area (TPSA) is 59.0 Å². The van der Waals surface area contributed by atoms with Crippen molar-refractivity contribution >= 4 is 40.6 Å². The third-order valence-corrected chi connectivity index (χ3v) is 5.35. The summed E-state index contributed by atoms with van der Waals surface area (Å²) in [4.78, 5) is 12.6. The van der Waals surface area contributed by atoms with Crippen LogP contribution in [0.25, 0.3) is 0 Å². The zero-order chi connectivity index (χ0) is 21.5. The first-order valence-corrected chi connectivity index (χ1v) is 9.72. The van der Waals surface area contributed by atoms with Gasteiger partial charge in [0, 0.05) is 17.5 Å². The Labute approximate surface area is 179 Å². The van der Waals surface area contributed by atoms with Crippen LogP contribution in [0.15, 0.2) is 54.6 Å². The van der Waals surface area contributed by atoms with Gasteiger partial charge in [-0.1, -0.05) is 53.5 Å². The van der Waals surface area contributed by atoms with E-state index in [0.717, 1.165) is 10.2 Å². The highest BCUT2D eigenvalue weighted by Crippen LogP contribution is 2.43. The smallest absolute Gasteiger partial charge is 0.363 e. The van der Waals surface area contributed by atoms with E-state index in [1.165, 1.54) is 24.3 Å². The van der Waals surface area contributed by atoms with Gasteiger partial charge in [0.05, 0.1) is 16.8 Å². The van der Waals surface area contributed by atoms with E-state index in [0.29, 0.717) is 5.02 Å². The molecule has 0 radical (unpaired) electrons. The van der Waals surface area contributed by atoms with Crippen molar-refractivity contribution in [1.29, 1.82) is 0 Å². The number of rotatable bonds is 3. The Morgan fingerprint density at radius 3 is 2.53 bits per heavy atom. The van der Waals surface area contributed by atoms with Crippen molar-refractivity contribution in [1.82, 2.24) is 9.78 Å². The van der Waals surface area contributed by atoms with Gasteiger partial charge in [0.1, 0.15) is 5.82 Å². The van der Waals surface area contributed by atoms with Crippen molar-refractivity contribution < 1.29 is 18.0 Å². The van der Waals surface area contributed by atoms with E-state index in [9.17, 15) is 18.0 Å². The predicted molar refractivity (Wildman–Crippen MR) is 109 cm³/mol. The van der Waals surface area contributed by atoms with Crippen LogP contribution in [-0.2, 0) is 0 Å². The third kappa shape index (κ3) is 4.11. The van der Waals surface area contributed by atoms with Crippen molar-refractivity contribution in [3.8, 4) is 0 Å². The van der Waals surface area contributed by atoms with E-state index in [1.807, 2.05) is 0 Å². The standard InChI is InChI=1S/C20H15Cl2F3N4O/c21-12-6-7-14(13(22)8-12)27-19(30)16-10-18-26-15(11-4-2-1-3-5-11)9-17(20(23,24)25)29(18)28-16/h1-8,10,15,17,26H,9H2,(H,27,30)/t15-,17+/m1/s1. The van der Waals surface area contributed by atoms with E-state index in [1.54, 1.807) is 30.3 Å². The molecule has 3 aromatic rings. The Hall–Kier alpha value is -2.71. The number of carbonyl (C=O) groups is 1. The second-order valence-electron chi connectivity index (χ2n) is 6.84. The lowest BCUT2D eigenvalue weighted by atomic mass is 9.97. The molecule has 0 saturated carbocycles. The fourth-order valence-corrected chi connectivity index (χ4v) is 3.82. The summed E-state index contributed by atoms with van der Waals surface area (Å²) in [5.41, 5.74) is 0.837. The molecule has 0 saturated heterocycles. The predicted octanol–water partition coefficient (Wildman–Crippen LogP) is 6.10. The van der Waals surface area contributed by atoms with Crippen molar-refractivity contribution in [3.63, 3.8) is 0 Å². The zero-order valence-corrected chi connectivity index (χ0v) is 16.8. The van der Waals surface area contributed by atoms with Gasteiger partial charge in [-0.15, -0.1) is 0 Å². The minimum atomic E-state index is -4.52. The molecule has 1 aliphatic heterocycles. The molecule has 0 fully saturated rings. The Balaban J connectivity index is 1.64. The summed E-state index contributed by atoms with van der Waals surface area (Å²) in [6.07, 6.45) is -4.77. The first-order valence-electron chi connectivity index (χ1n) is 8.96. The highest BCUT2D eigenvalue weighted by molar-refractivity contribution is 6.36. The van der Waals surface area contributed by atoms with Crippen molar-refractivity contribution in [2.24, 2.45) is 0 Å². The number of hydrogen-bond acceptors (Lipinski definition) is 3. The van der Waals surface area contributed by atoms with Crippen LogP contribution in [0.3, 0.4) is 0 Å². The molecule has 2 atom stereocenters. The Kier molecular flexibility index (Phi) is 5.38. The molecular formula is C20H15Cl2F3N4O. The number of amides is 1. The van der Waals surface area contributed by atoms with E-state index >= 15 is 0 Å². The van der Waals surface area contributed by atoms with Gasteiger partial charge in [-0.2, -0.15) is 18.3 Å². The van der Waals surface area contributed by atoms with Crippen LogP contribution in [0.2, 0.25) is 10.0 Å². The average Bonchev–Trinajstić information content (AvgIpc) is 3.13. The summed E-state index contributed by atoms with van der Waals surface area (Å²) in [5, 5.41) is 10.1. The van der Waals surface area contributed by atoms with E-state index in [2.05, 4.69) is 15.7 Å². The molecule has 2 aromatic carbocycles. The summed E-state index contributed by atoms with van der Waals surface area (Å²) in [7, 11) is 0. The lowest BCUT2D eigenvalue weighted by molar-refractivity contribution is -0.173. The lowest BCUT2D eigenvalue weighted by Gasteiger charge is -2.33. The maximum atomic E-state index is 13.7. The molecule has 5 nitrogen and oxygen atoms in total. The molecule has 4 rings (SSSR count). The average molecular weight is 455 g/mol. The molecule has 1 amide bonds. The van der Waals surface area contributed by atoms with Crippen LogP contribution in [-0.4, -0.2) is 21.9 Å². The van der Waals surface area contributed by atoms with Gasteiger partial charge in [0.25, 0.3) is 5.91 Å². The van der Waals surface area contributed by atoms with Gasteiger partial charge < -0.3 is 10.6 Å². The first-order chi connectivity index (χ1) is 14.2. The van der Waals surface area contributed by atoms with E-state index in [-0.39, 0.29) is 28.6 Å². The Bertz CT molecular complexity index is 1090. The Morgan fingerprint density at radius 2 is 1.87 bits per heavy atom. The number of alkyl halides is 3. The summed E-state index contributed by atoms with van der Waals surface area (Å²) >= 11 is 11.9. The maximum Gasteiger partial charge on any atom is 0.410 e. The number of halogens is 5. The molecule has 10 heteroatoms. The molecule has 2 N–H and O–H groups in total. The second-order valence-corrected chi connectivity index (χ2v) is 7.68. The summed E-state index contributed by atoms with van der Waals surface area (Å²) < 4.78 is 42.0. The van der Waals surface area contributed by atoms with Crippen LogP contribution in [0.4, 0.5) is 24.7 Å². The fourth-order valence-electron chi connectivity index (χ4n) is 3.37. The summed E-state index contributed by atoms with van der Waals surface area (Å²) in [5.74, 6) is -0.565. The van der Waals surface area contributed by atoms with E-state index < -0.39 is 24.2 Å². The summed E-state index contributed by atoms with van der Waals surface area (Å²) in [6.45, 7) is 0. The minimum absolute atomic E-state index is 0.116. The number of aromatic nitrogens is 2. The number of nitrogens with one attached hydrogen (secondary N) is 2. The number of benzene rings is 2. The number of nitrogens with zero attached hydrogens (tertiary/aromatic N) is 2. The lowest BCUT2D eigenvalue weighted by Crippen LogP contribution is -2.35. The van der Waals surface area contributed by atoms with Gasteiger partial charge in [-0.25, -0.2) is 4.68 Å². The molecule has 1 aromatic heterocycles. The van der Waals surface area contributed by atoms with Crippen LogP contribution in [0.1, 0.15) is 34.6 Å². The van der Waals surface area contributed by atoms with Crippen LogP contribution in [0, 0.1) is 0 Å². The molecule has 0 aliphatic carbocycles. The summed E-state index contributed by atoms with van der Waals surface area (Å²) in [6, 6.07) is 12.2. The molecule has 1 aliphatic rings. The van der Waals surface area contributed by atoms with Crippen molar-refractivity contribution in [2.75, 3.05) is 10.6 Å². The molecule has 0 unspecified atom stereocenters. The highest BCUT2D eigenvalue weighted by Gasteiger charge is 2.46. The van der Waals surface area contributed by atoms with Gasteiger partial charge in [-0.05, 0) is 23.8 Å². The molecular weight excluding hydrogens is 440 g/mol. The molecule has 0 spiro atoms. The molecule has 156 valence electrons. The molecule has 2 heterocycles. The van der Waals surface area contributed by atoms with Gasteiger partial charge in [-0.3, -0.25) is 4.79 Å². The fraction of sp³-hybridized carbons (Fsp3) is 0.200. The number of anilines is 2.